The lowest BCUT2D eigenvalue weighted by atomic mass is 10.1. The van der Waals surface area contributed by atoms with E-state index >= 15 is 0 Å². The van der Waals surface area contributed by atoms with Gasteiger partial charge in [-0.15, -0.1) is 0 Å². The van der Waals surface area contributed by atoms with Crippen molar-refractivity contribution in [3.05, 3.63) is 29.8 Å². The number of aliphatic carboxylic acids is 1. The van der Waals surface area contributed by atoms with E-state index in [4.69, 9.17) is 13.9 Å². The van der Waals surface area contributed by atoms with Crippen LogP contribution in [-0.4, -0.2) is 17.1 Å². The first-order valence-electron chi connectivity index (χ1n) is 3.99. The molecule has 0 amide bonds. The number of hydrogen-bond donors (Lipinski definition) is 2. The van der Waals surface area contributed by atoms with Gasteiger partial charge >= 0.3 is 5.97 Å². The number of rotatable bonds is 4. The molecular weight excluding hydrogens is 297 g/mol. The summed E-state index contributed by atoms with van der Waals surface area (Å²) in [4.78, 5) is 10.5. The van der Waals surface area contributed by atoms with Crippen molar-refractivity contribution in [3.8, 4) is 5.75 Å². The average Bonchev–Trinajstić information content (AvgIpc) is 2.18. The molecule has 1 unspecified atom stereocenters. The van der Waals surface area contributed by atoms with E-state index in [1.54, 1.807) is 41.2 Å². The van der Waals surface area contributed by atoms with Gasteiger partial charge < -0.3 is 13.9 Å². The van der Waals surface area contributed by atoms with Gasteiger partial charge in [-0.2, -0.15) is 0 Å². The first-order valence-corrected chi connectivity index (χ1v) is 4.87. The molecule has 0 bridgehead atoms. The molecule has 0 fully saturated rings. The van der Waals surface area contributed by atoms with Gasteiger partial charge in [0.1, 0.15) is 11.8 Å². The van der Waals surface area contributed by atoms with Crippen LogP contribution in [-0.2, 0) is 11.2 Å². The standard InChI is InChI=1S/C9H10INO3/c10-14-7-3-1-2-6(4-7)5-8(11)9(12)13/h1-4,8H,5,11H2,(H,12,13). The zero-order valence-electron chi connectivity index (χ0n) is 7.31. The summed E-state index contributed by atoms with van der Waals surface area (Å²) in [6.07, 6.45) is 0.309. The highest BCUT2D eigenvalue weighted by atomic mass is 127. The molecule has 5 heteroatoms. The molecule has 0 saturated heterocycles. The summed E-state index contributed by atoms with van der Waals surface area (Å²) in [5, 5.41) is 8.61. The fourth-order valence-electron chi connectivity index (χ4n) is 1.06. The Bertz CT molecular complexity index is 330. The van der Waals surface area contributed by atoms with Gasteiger partial charge in [0.25, 0.3) is 0 Å². The van der Waals surface area contributed by atoms with Crippen LogP contribution in [0.1, 0.15) is 5.56 Å². The quantitative estimate of drug-likeness (QED) is 0.824. The fraction of sp³-hybridized carbons (Fsp3) is 0.222. The van der Waals surface area contributed by atoms with Crippen LogP contribution < -0.4 is 8.80 Å². The predicted octanol–water partition coefficient (Wildman–Crippen LogP) is 1.37. The molecular formula is C9H10INO3. The highest BCUT2D eigenvalue weighted by molar-refractivity contribution is 14.1. The smallest absolute Gasteiger partial charge is 0.320 e. The van der Waals surface area contributed by atoms with Gasteiger partial charge in [0.15, 0.2) is 23.0 Å². The summed E-state index contributed by atoms with van der Waals surface area (Å²) in [6.45, 7) is 0. The minimum absolute atomic E-state index is 0.309. The van der Waals surface area contributed by atoms with Crippen LogP contribution >= 0.6 is 23.0 Å². The summed E-state index contributed by atoms with van der Waals surface area (Å²) in [7, 11) is 0. The summed E-state index contributed by atoms with van der Waals surface area (Å²) < 4.78 is 4.98. The second-order valence-corrected chi connectivity index (χ2v) is 3.31. The lowest BCUT2D eigenvalue weighted by molar-refractivity contribution is -0.138. The van der Waals surface area contributed by atoms with Crippen molar-refractivity contribution in [1.29, 1.82) is 0 Å². The molecule has 1 atom stereocenters. The Morgan fingerprint density at radius 1 is 1.64 bits per heavy atom. The molecule has 3 N–H and O–H groups in total. The van der Waals surface area contributed by atoms with Crippen molar-refractivity contribution < 1.29 is 13.0 Å². The van der Waals surface area contributed by atoms with Gasteiger partial charge in [-0.1, -0.05) is 12.1 Å². The summed E-state index contributed by atoms with van der Waals surface area (Å²) in [6, 6.07) is 6.33. The van der Waals surface area contributed by atoms with Crippen molar-refractivity contribution in [1.82, 2.24) is 0 Å². The van der Waals surface area contributed by atoms with E-state index in [2.05, 4.69) is 0 Å². The number of nitrogens with two attached hydrogens (primary N) is 1. The minimum atomic E-state index is -0.995. The Hall–Kier alpha value is -0.820. The van der Waals surface area contributed by atoms with Crippen molar-refractivity contribution in [2.45, 2.75) is 12.5 Å². The first kappa shape index (κ1) is 11.3. The number of carboxylic acids is 1. The largest absolute Gasteiger partial charge is 0.480 e. The third kappa shape index (κ3) is 3.15. The van der Waals surface area contributed by atoms with Crippen LogP contribution in [0.5, 0.6) is 5.75 Å². The number of benzene rings is 1. The molecule has 1 aromatic rings. The minimum Gasteiger partial charge on any atom is -0.480 e. The zero-order chi connectivity index (χ0) is 10.6. The molecule has 0 radical (unpaired) electrons. The molecule has 14 heavy (non-hydrogen) atoms. The molecule has 0 saturated carbocycles. The molecule has 0 spiro atoms. The molecule has 0 aliphatic heterocycles. The molecule has 0 aliphatic rings. The van der Waals surface area contributed by atoms with Crippen molar-refractivity contribution in [2.24, 2.45) is 5.73 Å². The topological polar surface area (TPSA) is 72.5 Å². The first-order chi connectivity index (χ1) is 6.63. The molecule has 1 rings (SSSR count). The van der Waals surface area contributed by atoms with E-state index in [1.165, 1.54) is 0 Å². The number of halogens is 1. The van der Waals surface area contributed by atoms with E-state index in [9.17, 15) is 4.79 Å². The van der Waals surface area contributed by atoms with Crippen LogP contribution in [0.25, 0.3) is 0 Å². The highest BCUT2D eigenvalue weighted by Gasteiger charge is 2.12. The van der Waals surface area contributed by atoms with Gasteiger partial charge in [-0.05, 0) is 24.1 Å². The fourth-order valence-corrected chi connectivity index (χ4v) is 1.34. The summed E-state index contributed by atoms with van der Waals surface area (Å²) >= 11 is 1.77. The number of carboxylic acid groups (broad SMARTS) is 1. The van der Waals surface area contributed by atoms with E-state index in [-0.39, 0.29) is 0 Å². The highest BCUT2D eigenvalue weighted by Crippen LogP contribution is 2.16. The Kier molecular flexibility index (Phi) is 4.15. The monoisotopic (exact) mass is 307 g/mol. The van der Waals surface area contributed by atoms with Gasteiger partial charge in [0.2, 0.25) is 0 Å². The van der Waals surface area contributed by atoms with Gasteiger partial charge in [-0.3, -0.25) is 4.79 Å². The second kappa shape index (κ2) is 5.16. The maximum Gasteiger partial charge on any atom is 0.320 e. The van der Waals surface area contributed by atoms with Crippen molar-refractivity contribution >= 4 is 29.0 Å². The van der Waals surface area contributed by atoms with Crippen LogP contribution in [0, 0.1) is 0 Å². The molecule has 4 nitrogen and oxygen atoms in total. The van der Waals surface area contributed by atoms with Crippen molar-refractivity contribution in [3.63, 3.8) is 0 Å². The van der Waals surface area contributed by atoms with Crippen LogP contribution in [0.2, 0.25) is 0 Å². The molecule has 76 valence electrons. The molecule has 1 aromatic carbocycles. The van der Waals surface area contributed by atoms with E-state index in [0.29, 0.717) is 12.2 Å². The maximum absolute atomic E-state index is 10.5. The lowest BCUT2D eigenvalue weighted by Crippen LogP contribution is -2.32. The predicted molar refractivity (Wildman–Crippen MR) is 60.4 cm³/mol. The number of carbonyl (C=O) groups is 1. The maximum atomic E-state index is 10.5. The van der Waals surface area contributed by atoms with Gasteiger partial charge in [0, 0.05) is 0 Å². The SMILES string of the molecule is NC(Cc1cccc(OI)c1)C(=O)O. The summed E-state index contributed by atoms with van der Waals surface area (Å²) in [5.74, 6) is -0.300. The molecule has 0 aliphatic carbocycles. The Labute approximate surface area is 95.7 Å². The van der Waals surface area contributed by atoms with Crippen LogP contribution in [0.4, 0.5) is 0 Å². The van der Waals surface area contributed by atoms with Crippen molar-refractivity contribution in [2.75, 3.05) is 0 Å². The van der Waals surface area contributed by atoms with E-state index in [0.717, 1.165) is 5.56 Å². The van der Waals surface area contributed by atoms with Crippen LogP contribution in [0.15, 0.2) is 24.3 Å². The van der Waals surface area contributed by atoms with Gasteiger partial charge in [0.05, 0.1) is 0 Å². The third-order valence-corrected chi connectivity index (χ3v) is 2.27. The number of hydrogen-bond acceptors (Lipinski definition) is 3. The molecule has 0 heterocycles. The van der Waals surface area contributed by atoms with E-state index < -0.39 is 12.0 Å². The van der Waals surface area contributed by atoms with E-state index in [1.807, 2.05) is 6.07 Å². The third-order valence-electron chi connectivity index (χ3n) is 1.76. The zero-order valence-corrected chi connectivity index (χ0v) is 9.47. The molecule has 0 aromatic heterocycles. The normalized spacial score (nSPS) is 12.1. The Morgan fingerprint density at radius 2 is 2.36 bits per heavy atom. The Morgan fingerprint density at radius 3 is 2.93 bits per heavy atom. The Balaban J connectivity index is 2.71. The average molecular weight is 307 g/mol. The summed E-state index contributed by atoms with van der Waals surface area (Å²) in [5.41, 5.74) is 6.25. The lowest BCUT2D eigenvalue weighted by Gasteiger charge is -2.06. The van der Waals surface area contributed by atoms with Gasteiger partial charge in [-0.25, -0.2) is 0 Å². The van der Waals surface area contributed by atoms with Crippen LogP contribution in [0.3, 0.4) is 0 Å². The second-order valence-electron chi connectivity index (χ2n) is 2.87.